The smallest absolute Gasteiger partial charge is 0.216 e. The zero-order chi connectivity index (χ0) is 17.6. The summed E-state index contributed by atoms with van der Waals surface area (Å²) in [6.07, 6.45) is 2.57. The van der Waals surface area contributed by atoms with Gasteiger partial charge < -0.3 is 10.6 Å². The van der Waals surface area contributed by atoms with Gasteiger partial charge in [-0.15, -0.1) is 24.0 Å². The summed E-state index contributed by atoms with van der Waals surface area (Å²) in [6.45, 7) is 5.12. The maximum atomic E-state index is 12.2. The first-order valence-corrected chi connectivity index (χ1v) is 10.1. The zero-order valence-corrected chi connectivity index (χ0v) is 18.2. The molecule has 1 aliphatic rings. The van der Waals surface area contributed by atoms with Crippen LogP contribution in [0.5, 0.6) is 0 Å². The molecule has 0 saturated heterocycles. The molecule has 0 spiro atoms. The monoisotopic (exact) mass is 480 g/mol. The molecule has 1 aromatic rings. The predicted octanol–water partition coefficient (Wildman–Crippen LogP) is 2.21. The van der Waals surface area contributed by atoms with Gasteiger partial charge in [-0.25, -0.2) is 13.1 Å². The van der Waals surface area contributed by atoms with Crippen molar-refractivity contribution in [2.24, 2.45) is 10.9 Å². The molecule has 3 N–H and O–H groups in total. The van der Waals surface area contributed by atoms with Gasteiger partial charge in [-0.3, -0.25) is 4.99 Å². The van der Waals surface area contributed by atoms with Crippen LogP contribution in [0.4, 0.5) is 0 Å². The van der Waals surface area contributed by atoms with Gasteiger partial charge in [-0.1, -0.05) is 24.3 Å². The number of rotatable bonds is 8. The number of benzene rings is 1. The number of halogens is 1. The molecule has 0 aliphatic heterocycles. The van der Waals surface area contributed by atoms with E-state index in [1.54, 1.807) is 7.05 Å². The quantitative estimate of drug-likeness (QED) is 0.303. The first kappa shape index (κ1) is 22.2. The van der Waals surface area contributed by atoms with E-state index in [9.17, 15) is 8.42 Å². The van der Waals surface area contributed by atoms with Crippen LogP contribution in [0.2, 0.25) is 0 Å². The van der Waals surface area contributed by atoms with Crippen LogP contribution in [0.15, 0.2) is 29.3 Å². The van der Waals surface area contributed by atoms with E-state index in [0.29, 0.717) is 6.54 Å². The van der Waals surface area contributed by atoms with Crippen LogP contribution in [-0.4, -0.2) is 34.0 Å². The predicted molar refractivity (Wildman–Crippen MR) is 114 cm³/mol. The fourth-order valence-corrected chi connectivity index (χ4v) is 3.93. The Morgan fingerprint density at radius 2 is 1.84 bits per heavy atom. The fraction of sp³-hybridized carbons (Fsp3) is 0.588. The van der Waals surface area contributed by atoms with E-state index in [-0.39, 0.29) is 35.8 Å². The summed E-state index contributed by atoms with van der Waals surface area (Å²) in [7, 11) is -1.60. The highest BCUT2D eigenvalue weighted by Crippen LogP contribution is 2.27. The average Bonchev–Trinajstić information content (AvgIpc) is 3.31. The SMILES string of the molecule is CN=C(NCc1ccccc1CS(=O)(=O)NC(C)C)NCC1CC1.I. The van der Waals surface area contributed by atoms with Gasteiger partial charge in [0.1, 0.15) is 0 Å². The van der Waals surface area contributed by atoms with Crippen LogP contribution < -0.4 is 15.4 Å². The van der Waals surface area contributed by atoms with Crippen molar-refractivity contribution in [3.63, 3.8) is 0 Å². The van der Waals surface area contributed by atoms with Crippen LogP contribution in [0.3, 0.4) is 0 Å². The normalized spacial score (nSPS) is 15.0. The van der Waals surface area contributed by atoms with Crippen LogP contribution in [0, 0.1) is 5.92 Å². The second-order valence-electron chi connectivity index (χ2n) is 6.55. The molecule has 0 aromatic heterocycles. The van der Waals surface area contributed by atoms with E-state index < -0.39 is 10.0 Å². The molecule has 0 radical (unpaired) electrons. The molecule has 8 heteroatoms. The summed E-state index contributed by atoms with van der Waals surface area (Å²) in [5.41, 5.74) is 1.76. The highest BCUT2D eigenvalue weighted by atomic mass is 127. The molecule has 25 heavy (non-hydrogen) atoms. The van der Waals surface area contributed by atoms with Gasteiger partial charge in [0.25, 0.3) is 0 Å². The van der Waals surface area contributed by atoms with E-state index >= 15 is 0 Å². The van der Waals surface area contributed by atoms with Crippen LogP contribution in [0.25, 0.3) is 0 Å². The molecule has 142 valence electrons. The Bertz CT molecular complexity index is 673. The summed E-state index contributed by atoms with van der Waals surface area (Å²) in [4.78, 5) is 4.21. The van der Waals surface area contributed by atoms with E-state index in [2.05, 4.69) is 20.3 Å². The summed E-state index contributed by atoms with van der Waals surface area (Å²) >= 11 is 0. The zero-order valence-electron chi connectivity index (χ0n) is 15.1. The van der Waals surface area contributed by atoms with Gasteiger partial charge in [0.2, 0.25) is 10.0 Å². The number of nitrogens with zero attached hydrogens (tertiary/aromatic N) is 1. The topological polar surface area (TPSA) is 82.6 Å². The Labute approximate surface area is 168 Å². The first-order valence-electron chi connectivity index (χ1n) is 8.41. The lowest BCUT2D eigenvalue weighted by Gasteiger charge is -2.15. The second kappa shape index (κ2) is 10.3. The minimum Gasteiger partial charge on any atom is -0.356 e. The Hall–Kier alpha value is -0.870. The molecule has 1 aliphatic carbocycles. The van der Waals surface area contributed by atoms with E-state index in [0.717, 1.165) is 29.5 Å². The van der Waals surface area contributed by atoms with Crippen molar-refractivity contribution in [3.8, 4) is 0 Å². The molecule has 2 rings (SSSR count). The minimum atomic E-state index is -3.34. The molecular weight excluding hydrogens is 451 g/mol. The number of hydrogen-bond donors (Lipinski definition) is 3. The average molecular weight is 480 g/mol. The van der Waals surface area contributed by atoms with Crippen molar-refractivity contribution < 1.29 is 8.42 Å². The molecule has 0 bridgehead atoms. The maximum Gasteiger partial charge on any atom is 0.216 e. The second-order valence-corrected chi connectivity index (χ2v) is 8.30. The summed E-state index contributed by atoms with van der Waals surface area (Å²) in [6, 6.07) is 7.48. The number of hydrogen-bond acceptors (Lipinski definition) is 3. The van der Waals surface area contributed by atoms with Crippen molar-refractivity contribution in [1.29, 1.82) is 0 Å². The number of sulfonamides is 1. The third-order valence-electron chi connectivity index (χ3n) is 3.80. The highest BCUT2D eigenvalue weighted by Gasteiger charge is 2.21. The third-order valence-corrected chi connectivity index (χ3v) is 5.33. The van der Waals surface area contributed by atoms with Crippen molar-refractivity contribution in [3.05, 3.63) is 35.4 Å². The molecule has 1 fully saturated rings. The number of guanidine groups is 1. The highest BCUT2D eigenvalue weighted by molar-refractivity contribution is 14.0. The van der Waals surface area contributed by atoms with Gasteiger partial charge in [-0.2, -0.15) is 0 Å². The van der Waals surface area contributed by atoms with Gasteiger partial charge in [0, 0.05) is 26.2 Å². The first-order chi connectivity index (χ1) is 11.4. The molecule has 1 aromatic carbocycles. The lowest BCUT2D eigenvalue weighted by atomic mass is 10.1. The molecule has 0 atom stereocenters. The van der Waals surface area contributed by atoms with E-state index in [4.69, 9.17) is 0 Å². The molecular formula is C17H29IN4O2S. The number of aliphatic imine (C=N–C) groups is 1. The molecule has 0 amide bonds. The third kappa shape index (κ3) is 8.37. The van der Waals surface area contributed by atoms with Crippen molar-refractivity contribution in [1.82, 2.24) is 15.4 Å². The summed E-state index contributed by atoms with van der Waals surface area (Å²) < 4.78 is 27.0. The Morgan fingerprint density at radius 3 is 2.40 bits per heavy atom. The van der Waals surface area contributed by atoms with Gasteiger partial charge in [-0.05, 0) is 43.7 Å². The molecule has 0 heterocycles. The standard InChI is InChI=1S/C17H28N4O2S.HI/c1-13(2)21-24(22,23)12-16-7-5-4-6-15(16)11-20-17(18-3)19-10-14-8-9-14;/h4-7,13-14,21H,8-12H2,1-3H3,(H2,18,19,20);1H. The van der Waals surface area contributed by atoms with E-state index in [1.165, 1.54) is 12.8 Å². The van der Waals surface area contributed by atoms with E-state index in [1.807, 2.05) is 38.1 Å². The Kier molecular flexibility index (Phi) is 9.15. The van der Waals surface area contributed by atoms with Crippen LogP contribution in [0.1, 0.15) is 37.8 Å². The summed E-state index contributed by atoms with van der Waals surface area (Å²) in [5.74, 6) is 1.50. The minimum absolute atomic E-state index is 0. The van der Waals surface area contributed by atoms with Gasteiger partial charge >= 0.3 is 0 Å². The van der Waals surface area contributed by atoms with Crippen LogP contribution in [-0.2, 0) is 22.3 Å². The molecule has 6 nitrogen and oxygen atoms in total. The van der Waals surface area contributed by atoms with Gasteiger partial charge in [0.05, 0.1) is 5.75 Å². The molecule has 1 saturated carbocycles. The van der Waals surface area contributed by atoms with Gasteiger partial charge in [0.15, 0.2) is 5.96 Å². The van der Waals surface area contributed by atoms with Crippen LogP contribution >= 0.6 is 24.0 Å². The van der Waals surface area contributed by atoms with Crippen molar-refractivity contribution in [2.75, 3.05) is 13.6 Å². The summed E-state index contributed by atoms with van der Waals surface area (Å²) in [5, 5.41) is 6.56. The lowest BCUT2D eigenvalue weighted by Crippen LogP contribution is -2.38. The van der Waals surface area contributed by atoms with Crippen molar-refractivity contribution >= 4 is 40.0 Å². The Morgan fingerprint density at radius 1 is 1.20 bits per heavy atom. The Balaban J connectivity index is 0.00000312. The number of nitrogens with one attached hydrogen (secondary N) is 3. The maximum absolute atomic E-state index is 12.2. The fourth-order valence-electron chi connectivity index (χ4n) is 2.44. The molecule has 0 unspecified atom stereocenters. The van der Waals surface area contributed by atoms with Crippen molar-refractivity contribution in [2.45, 2.75) is 45.0 Å². The largest absolute Gasteiger partial charge is 0.356 e. The lowest BCUT2D eigenvalue weighted by molar-refractivity contribution is 0.568.